The van der Waals surface area contributed by atoms with Crippen LogP contribution in [0.15, 0.2) is 47.0 Å². The van der Waals surface area contributed by atoms with Gasteiger partial charge in [-0.3, -0.25) is 9.80 Å². The highest BCUT2D eigenvalue weighted by atomic mass is 19.4. The molecule has 6 nitrogen and oxygen atoms in total. The van der Waals surface area contributed by atoms with Crippen LogP contribution in [0.3, 0.4) is 0 Å². The van der Waals surface area contributed by atoms with Crippen LogP contribution in [0, 0.1) is 13.8 Å². The molecule has 2 heterocycles. The molecule has 2 aromatic carbocycles. The fourth-order valence-corrected chi connectivity index (χ4v) is 5.44. The van der Waals surface area contributed by atoms with Crippen LogP contribution < -0.4 is 5.32 Å². The van der Waals surface area contributed by atoms with Crippen LogP contribution in [0.1, 0.15) is 58.8 Å². The van der Waals surface area contributed by atoms with Crippen molar-refractivity contribution in [3.63, 3.8) is 0 Å². The summed E-state index contributed by atoms with van der Waals surface area (Å²) in [6.45, 7) is 10.5. The molecule has 0 atom stereocenters. The van der Waals surface area contributed by atoms with Gasteiger partial charge >= 0.3 is 6.18 Å². The van der Waals surface area contributed by atoms with E-state index in [0.29, 0.717) is 24.5 Å². The number of aryl methyl sites for hydroxylation is 2. The lowest BCUT2D eigenvalue weighted by Gasteiger charge is -2.39. The zero-order valence-electron chi connectivity index (χ0n) is 22.2. The lowest BCUT2D eigenvalue weighted by molar-refractivity contribution is -0.137. The number of rotatable bonds is 9. The van der Waals surface area contributed by atoms with Gasteiger partial charge in [-0.05, 0) is 55.0 Å². The number of benzene rings is 2. The third kappa shape index (κ3) is 5.95. The SMILES string of the molecule is Cc1ccc(C2(c3noc(CNCCN4CCN(Cc5cccc(C(F)(F)F)c5)CC4)n3)CCC2)cc1C. The van der Waals surface area contributed by atoms with Crippen molar-refractivity contribution in [1.82, 2.24) is 25.3 Å². The summed E-state index contributed by atoms with van der Waals surface area (Å²) in [6, 6.07) is 12.3. The molecule has 1 aliphatic heterocycles. The van der Waals surface area contributed by atoms with Crippen LogP contribution in [0.4, 0.5) is 13.2 Å². The molecule has 1 saturated heterocycles. The summed E-state index contributed by atoms with van der Waals surface area (Å²) in [4.78, 5) is 9.34. The van der Waals surface area contributed by atoms with Crippen molar-refractivity contribution in [3.05, 3.63) is 82.0 Å². The second kappa shape index (κ2) is 11.2. The quantitative estimate of drug-likeness (QED) is 0.392. The fourth-order valence-electron chi connectivity index (χ4n) is 5.44. The molecule has 5 rings (SSSR count). The van der Waals surface area contributed by atoms with Crippen LogP contribution in [-0.2, 0) is 24.7 Å². The molecule has 0 bridgehead atoms. The molecule has 2 aliphatic rings. The second-order valence-corrected chi connectivity index (χ2v) is 10.7. The molecule has 9 heteroatoms. The predicted molar refractivity (Wildman–Crippen MR) is 140 cm³/mol. The number of aromatic nitrogens is 2. The summed E-state index contributed by atoms with van der Waals surface area (Å²) in [7, 11) is 0. The molecule has 1 aromatic heterocycles. The summed E-state index contributed by atoms with van der Waals surface area (Å²) >= 11 is 0. The Morgan fingerprint density at radius 1 is 0.974 bits per heavy atom. The summed E-state index contributed by atoms with van der Waals surface area (Å²) in [6.07, 6.45) is -1.05. The lowest BCUT2D eigenvalue weighted by atomic mass is 9.63. The first-order valence-electron chi connectivity index (χ1n) is 13.5. The minimum absolute atomic E-state index is 0.131. The minimum Gasteiger partial charge on any atom is -0.338 e. The van der Waals surface area contributed by atoms with E-state index in [1.54, 1.807) is 6.07 Å². The average molecular weight is 528 g/mol. The number of hydrogen-bond acceptors (Lipinski definition) is 6. The van der Waals surface area contributed by atoms with Gasteiger partial charge in [0.15, 0.2) is 5.82 Å². The number of hydrogen-bond donors (Lipinski definition) is 1. The van der Waals surface area contributed by atoms with Crippen molar-refractivity contribution in [2.45, 2.75) is 57.8 Å². The number of halogens is 3. The molecule has 0 unspecified atom stereocenters. The van der Waals surface area contributed by atoms with Crippen molar-refractivity contribution in [1.29, 1.82) is 0 Å². The Morgan fingerprint density at radius 3 is 2.42 bits per heavy atom. The van der Waals surface area contributed by atoms with Gasteiger partial charge in [0.2, 0.25) is 5.89 Å². The van der Waals surface area contributed by atoms with Gasteiger partial charge in [-0.25, -0.2) is 0 Å². The Hall–Kier alpha value is -2.75. The summed E-state index contributed by atoms with van der Waals surface area (Å²) in [5.74, 6) is 1.40. The van der Waals surface area contributed by atoms with Gasteiger partial charge < -0.3 is 9.84 Å². The van der Waals surface area contributed by atoms with Crippen molar-refractivity contribution in [2.24, 2.45) is 0 Å². The van der Waals surface area contributed by atoms with Crippen LogP contribution in [0.25, 0.3) is 0 Å². The Balaban J connectivity index is 1.05. The molecular weight excluding hydrogens is 491 g/mol. The maximum absolute atomic E-state index is 13.0. The van der Waals surface area contributed by atoms with Crippen molar-refractivity contribution < 1.29 is 17.7 Å². The molecule has 3 aromatic rings. The van der Waals surface area contributed by atoms with Gasteiger partial charge in [0, 0.05) is 45.8 Å². The van der Waals surface area contributed by atoms with E-state index in [1.165, 1.54) is 35.2 Å². The van der Waals surface area contributed by atoms with Crippen molar-refractivity contribution >= 4 is 0 Å². The first kappa shape index (κ1) is 26.8. The molecule has 1 aliphatic carbocycles. The molecule has 204 valence electrons. The van der Waals surface area contributed by atoms with E-state index < -0.39 is 11.7 Å². The van der Waals surface area contributed by atoms with E-state index in [4.69, 9.17) is 9.51 Å². The van der Waals surface area contributed by atoms with E-state index >= 15 is 0 Å². The highest BCUT2D eigenvalue weighted by molar-refractivity contribution is 5.40. The first-order valence-corrected chi connectivity index (χ1v) is 13.5. The summed E-state index contributed by atoms with van der Waals surface area (Å²) in [5, 5.41) is 7.78. The maximum atomic E-state index is 13.0. The van der Waals surface area contributed by atoms with Crippen molar-refractivity contribution in [2.75, 3.05) is 39.3 Å². The zero-order chi connectivity index (χ0) is 26.8. The van der Waals surface area contributed by atoms with E-state index in [-0.39, 0.29) is 5.41 Å². The van der Waals surface area contributed by atoms with Gasteiger partial charge in [0.1, 0.15) is 0 Å². The third-order valence-electron chi connectivity index (χ3n) is 8.17. The normalized spacial score (nSPS) is 18.4. The topological polar surface area (TPSA) is 57.4 Å². The maximum Gasteiger partial charge on any atom is 0.416 e. The molecule has 0 spiro atoms. The Morgan fingerprint density at radius 2 is 1.74 bits per heavy atom. The van der Waals surface area contributed by atoms with E-state index in [0.717, 1.165) is 64.0 Å². The molecule has 2 fully saturated rings. The van der Waals surface area contributed by atoms with E-state index in [1.807, 2.05) is 0 Å². The Kier molecular flexibility index (Phi) is 7.88. The monoisotopic (exact) mass is 527 g/mol. The lowest BCUT2D eigenvalue weighted by Crippen LogP contribution is -2.47. The largest absolute Gasteiger partial charge is 0.416 e. The summed E-state index contributed by atoms with van der Waals surface area (Å²) < 4.78 is 44.5. The van der Waals surface area contributed by atoms with Crippen LogP contribution >= 0.6 is 0 Å². The van der Waals surface area contributed by atoms with Crippen LogP contribution in [-0.4, -0.2) is 59.2 Å². The molecule has 0 amide bonds. The predicted octanol–water partition coefficient (Wildman–Crippen LogP) is 5.08. The smallest absolute Gasteiger partial charge is 0.338 e. The van der Waals surface area contributed by atoms with E-state index in [9.17, 15) is 13.2 Å². The number of nitrogens with one attached hydrogen (secondary N) is 1. The molecule has 0 radical (unpaired) electrons. The van der Waals surface area contributed by atoms with Crippen LogP contribution in [0.5, 0.6) is 0 Å². The Labute approximate surface area is 222 Å². The second-order valence-electron chi connectivity index (χ2n) is 10.7. The highest BCUT2D eigenvalue weighted by Gasteiger charge is 2.44. The number of piperazine rings is 1. The van der Waals surface area contributed by atoms with E-state index in [2.05, 4.69) is 52.3 Å². The van der Waals surface area contributed by atoms with Gasteiger partial charge in [0.05, 0.1) is 17.5 Å². The van der Waals surface area contributed by atoms with Crippen LogP contribution in [0.2, 0.25) is 0 Å². The summed E-state index contributed by atoms with van der Waals surface area (Å²) in [5.41, 5.74) is 3.85. The van der Waals surface area contributed by atoms with Crippen molar-refractivity contribution in [3.8, 4) is 0 Å². The number of nitrogens with zero attached hydrogens (tertiary/aromatic N) is 4. The van der Waals surface area contributed by atoms with Gasteiger partial charge in [-0.1, -0.05) is 48.0 Å². The average Bonchev–Trinajstić information content (AvgIpc) is 3.33. The third-order valence-corrected chi connectivity index (χ3v) is 8.17. The fraction of sp³-hybridized carbons (Fsp3) is 0.517. The molecular formula is C29H36F3N5O. The van der Waals surface area contributed by atoms with Gasteiger partial charge in [-0.2, -0.15) is 18.2 Å². The standard InChI is InChI=1S/C29H36F3N5O/c1-21-7-8-24(17-22(21)2)28(9-4-10-28)27-34-26(38-35-27)19-33-11-12-36-13-15-37(16-14-36)20-23-5-3-6-25(18-23)29(30,31)32/h3,5-8,17-18,33H,4,9-16,19-20H2,1-2H3. The number of alkyl halides is 3. The minimum atomic E-state index is -4.30. The Bertz CT molecular complexity index is 1230. The highest BCUT2D eigenvalue weighted by Crippen LogP contribution is 2.48. The molecule has 38 heavy (non-hydrogen) atoms. The van der Waals surface area contributed by atoms with Gasteiger partial charge in [0.25, 0.3) is 0 Å². The van der Waals surface area contributed by atoms with Gasteiger partial charge in [-0.15, -0.1) is 0 Å². The zero-order valence-corrected chi connectivity index (χ0v) is 22.2. The molecule has 1 N–H and O–H groups in total. The first-order chi connectivity index (χ1) is 18.2. The molecule has 1 saturated carbocycles.